The summed E-state index contributed by atoms with van der Waals surface area (Å²) in [6, 6.07) is 0.158. The number of aromatic nitrogens is 2. The van der Waals surface area contributed by atoms with E-state index in [0.717, 1.165) is 18.8 Å². The van der Waals surface area contributed by atoms with Crippen LogP contribution in [-0.4, -0.2) is 40.1 Å². The Labute approximate surface area is 104 Å². The lowest BCUT2D eigenvalue weighted by Gasteiger charge is -2.39. The summed E-state index contributed by atoms with van der Waals surface area (Å²) < 4.78 is 2.15. The molecule has 3 N–H and O–H groups in total. The van der Waals surface area contributed by atoms with Gasteiger partial charge in [0.1, 0.15) is 5.82 Å². The highest BCUT2D eigenvalue weighted by molar-refractivity contribution is 5.01. The second-order valence-electron chi connectivity index (χ2n) is 5.10. The van der Waals surface area contributed by atoms with Crippen molar-refractivity contribution >= 4 is 0 Å². The van der Waals surface area contributed by atoms with E-state index in [-0.39, 0.29) is 11.6 Å². The number of rotatable bonds is 6. The molecule has 1 aromatic heterocycles. The predicted molar refractivity (Wildman–Crippen MR) is 70.5 cm³/mol. The van der Waals surface area contributed by atoms with Crippen LogP contribution in [-0.2, 0) is 13.0 Å². The SMILES string of the molecule is CCn1ccnc1CC(NN)C(C)(C)N(C)C. The fourth-order valence-electron chi connectivity index (χ4n) is 1.82. The second-order valence-corrected chi connectivity index (χ2v) is 5.10. The first-order valence-electron chi connectivity index (χ1n) is 6.07. The second kappa shape index (κ2) is 5.62. The van der Waals surface area contributed by atoms with Crippen LogP contribution in [0.3, 0.4) is 0 Å². The number of hydrogen-bond donors (Lipinski definition) is 2. The van der Waals surface area contributed by atoms with Crippen LogP contribution in [0.4, 0.5) is 0 Å². The summed E-state index contributed by atoms with van der Waals surface area (Å²) >= 11 is 0. The molecular formula is C12H25N5. The molecule has 1 heterocycles. The van der Waals surface area contributed by atoms with E-state index >= 15 is 0 Å². The molecular weight excluding hydrogens is 214 g/mol. The van der Waals surface area contributed by atoms with Crippen molar-refractivity contribution in [3.63, 3.8) is 0 Å². The molecule has 0 radical (unpaired) electrons. The Morgan fingerprint density at radius 1 is 1.53 bits per heavy atom. The summed E-state index contributed by atoms with van der Waals surface area (Å²) in [4.78, 5) is 6.57. The fraction of sp³-hybridized carbons (Fsp3) is 0.750. The van der Waals surface area contributed by atoms with Crippen LogP contribution in [0.15, 0.2) is 12.4 Å². The molecule has 0 spiro atoms. The minimum Gasteiger partial charge on any atom is -0.335 e. The quantitative estimate of drug-likeness (QED) is 0.564. The maximum absolute atomic E-state index is 5.69. The van der Waals surface area contributed by atoms with Crippen LogP contribution in [0.25, 0.3) is 0 Å². The topological polar surface area (TPSA) is 59.1 Å². The van der Waals surface area contributed by atoms with Gasteiger partial charge in [-0.2, -0.15) is 0 Å². The van der Waals surface area contributed by atoms with E-state index in [1.807, 2.05) is 12.4 Å². The van der Waals surface area contributed by atoms with Crippen LogP contribution >= 0.6 is 0 Å². The molecule has 0 aliphatic carbocycles. The van der Waals surface area contributed by atoms with Crippen molar-refractivity contribution in [2.45, 2.75) is 45.3 Å². The zero-order valence-electron chi connectivity index (χ0n) is 11.6. The molecule has 0 amide bonds. The number of hydrazine groups is 1. The van der Waals surface area contributed by atoms with E-state index < -0.39 is 0 Å². The lowest BCUT2D eigenvalue weighted by Crippen LogP contribution is -2.58. The van der Waals surface area contributed by atoms with Crippen LogP contribution in [0.1, 0.15) is 26.6 Å². The van der Waals surface area contributed by atoms with E-state index in [2.05, 4.69) is 54.7 Å². The average molecular weight is 239 g/mol. The highest BCUT2D eigenvalue weighted by atomic mass is 15.3. The van der Waals surface area contributed by atoms with Gasteiger partial charge in [-0.05, 0) is 34.9 Å². The Morgan fingerprint density at radius 2 is 2.18 bits per heavy atom. The largest absolute Gasteiger partial charge is 0.335 e. The predicted octanol–water partition coefficient (Wildman–Crippen LogP) is 0.618. The third-order valence-electron chi connectivity index (χ3n) is 3.74. The van der Waals surface area contributed by atoms with E-state index in [9.17, 15) is 0 Å². The summed E-state index contributed by atoms with van der Waals surface area (Å²) in [6.07, 6.45) is 4.67. The molecule has 5 nitrogen and oxygen atoms in total. The number of nitrogens with zero attached hydrogens (tertiary/aromatic N) is 3. The Bertz CT molecular complexity index is 342. The maximum Gasteiger partial charge on any atom is 0.110 e. The van der Waals surface area contributed by atoms with Crippen molar-refractivity contribution < 1.29 is 0 Å². The van der Waals surface area contributed by atoms with Crippen molar-refractivity contribution in [3.8, 4) is 0 Å². The molecule has 0 fully saturated rings. The van der Waals surface area contributed by atoms with Gasteiger partial charge in [-0.3, -0.25) is 11.3 Å². The van der Waals surface area contributed by atoms with Gasteiger partial charge in [0.25, 0.3) is 0 Å². The molecule has 98 valence electrons. The molecule has 0 aliphatic heterocycles. The summed E-state index contributed by atoms with van der Waals surface area (Å²) in [7, 11) is 4.13. The molecule has 1 atom stereocenters. The number of nitrogens with one attached hydrogen (secondary N) is 1. The first-order chi connectivity index (χ1) is 7.93. The average Bonchev–Trinajstić information content (AvgIpc) is 2.72. The minimum atomic E-state index is -0.0285. The third kappa shape index (κ3) is 3.06. The number of likely N-dealkylation sites (N-methyl/N-ethyl adjacent to an activating group) is 1. The molecule has 1 rings (SSSR count). The Balaban J connectivity index is 2.84. The van der Waals surface area contributed by atoms with Crippen LogP contribution in [0.5, 0.6) is 0 Å². The Kier molecular flexibility index (Phi) is 4.68. The zero-order chi connectivity index (χ0) is 13.1. The van der Waals surface area contributed by atoms with Gasteiger partial charge in [0.05, 0.1) is 0 Å². The molecule has 17 heavy (non-hydrogen) atoms. The molecule has 0 bridgehead atoms. The molecule has 0 saturated carbocycles. The Morgan fingerprint density at radius 3 is 2.65 bits per heavy atom. The van der Waals surface area contributed by atoms with Gasteiger partial charge in [-0.1, -0.05) is 0 Å². The molecule has 1 aromatic rings. The van der Waals surface area contributed by atoms with Crippen LogP contribution in [0.2, 0.25) is 0 Å². The van der Waals surface area contributed by atoms with Crippen molar-refractivity contribution in [1.29, 1.82) is 0 Å². The van der Waals surface area contributed by atoms with Gasteiger partial charge in [0.2, 0.25) is 0 Å². The van der Waals surface area contributed by atoms with Gasteiger partial charge in [0, 0.05) is 36.9 Å². The molecule has 1 unspecified atom stereocenters. The van der Waals surface area contributed by atoms with E-state index in [1.54, 1.807) is 0 Å². The Hall–Kier alpha value is -0.910. The number of aryl methyl sites for hydroxylation is 1. The zero-order valence-corrected chi connectivity index (χ0v) is 11.6. The number of imidazole rings is 1. The van der Waals surface area contributed by atoms with Crippen LogP contribution < -0.4 is 11.3 Å². The number of hydrogen-bond acceptors (Lipinski definition) is 4. The van der Waals surface area contributed by atoms with Crippen molar-refractivity contribution in [2.75, 3.05) is 14.1 Å². The molecule has 0 aromatic carbocycles. The number of nitrogens with two attached hydrogens (primary N) is 1. The van der Waals surface area contributed by atoms with Gasteiger partial charge in [0.15, 0.2) is 0 Å². The summed E-state index contributed by atoms with van der Waals surface area (Å²) in [5.41, 5.74) is 2.89. The monoisotopic (exact) mass is 239 g/mol. The first kappa shape index (κ1) is 14.2. The fourth-order valence-corrected chi connectivity index (χ4v) is 1.82. The standard InChI is InChI=1S/C12H25N5/c1-6-17-8-7-14-11(17)9-10(15-13)12(2,3)16(4)5/h7-8,10,15H,6,9,13H2,1-5H3. The van der Waals surface area contributed by atoms with E-state index in [0.29, 0.717) is 0 Å². The van der Waals surface area contributed by atoms with Crippen molar-refractivity contribution in [1.82, 2.24) is 19.9 Å². The summed E-state index contributed by atoms with van der Waals surface area (Å²) in [6.45, 7) is 7.41. The van der Waals surface area contributed by atoms with Crippen molar-refractivity contribution in [2.24, 2.45) is 5.84 Å². The summed E-state index contributed by atoms with van der Waals surface area (Å²) in [5, 5.41) is 0. The normalized spacial score (nSPS) is 14.3. The molecule has 0 aliphatic rings. The van der Waals surface area contributed by atoms with Gasteiger partial charge < -0.3 is 9.47 Å². The highest BCUT2D eigenvalue weighted by Gasteiger charge is 2.31. The van der Waals surface area contributed by atoms with Crippen LogP contribution in [0, 0.1) is 0 Å². The van der Waals surface area contributed by atoms with Gasteiger partial charge in [-0.25, -0.2) is 4.98 Å². The van der Waals surface area contributed by atoms with Gasteiger partial charge in [-0.15, -0.1) is 0 Å². The highest BCUT2D eigenvalue weighted by Crippen LogP contribution is 2.18. The molecule has 0 saturated heterocycles. The van der Waals surface area contributed by atoms with Crippen molar-refractivity contribution in [3.05, 3.63) is 18.2 Å². The maximum atomic E-state index is 5.69. The van der Waals surface area contributed by atoms with E-state index in [1.165, 1.54) is 0 Å². The smallest absolute Gasteiger partial charge is 0.110 e. The van der Waals surface area contributed by atoms with E-state index in [4.69, 9.17) is 5.84 Å². The lowest BCUT2D eigenvalue weighted by atomic mass is 9.91. The first-order valence-corrected chi connectivity index (χ1v) is 6.07. The molecule has 5 heteroatoms. The lowest BCUT2D eigenvalue weighted by molar-refractivity contribution is 0.135. The summed E-state index contributed by atoms with van der Waals surface area (Å²) in [5.74, 6) is 6.77. The third-order valence-corrected chi connectivity index (χ3v) is 3.74. The van der Waals surface area contributed by atoms with Gasteiger partial charge >= 0.3 is 0 Å². The minimum absolute atomic E-state index is 0.0285.